The van der Waals surface area contributed by atoms with Crippen LogP contribution in [-0.2, 0) is 19.1 Å². The van der Waals surface area contributed by atoms with E-state index in [1.54, 1.807) is 62.4 Å². The summed E-state index contributed by atoms with van der Waals surface area (Å²) in [5, 5.41) is 9.83. The summed E-state index contributed by atoms with van der Waals surface area (Å²) in [5.74, 6) is -1.05. The van der Waals surface area contributed by atoms with Crippen molar-refractivity contribution < 1.29 is 47.6 Å². The number of hydrogen-bond acceptors (Lipinski definition) is 13. The second-order valence-electron chi connectivity index (χ2n) is 10.8. The quantitative estimate of drug-likeness (QED) is 0.0469. The highest BCUT2D eigenvalue weighted by atomic mass is 32.2. The van der Waals surface area contributed by atoms with E-state index in [0.717, 1.165) is 55.3 Å². The zero-order valence-corrected chi connectivity index (χ0v) is 29.4. The number of thioether (sulfide) groups is 2. The molecule has 0 atom stereocenters. The Balaban J connectivity index is 1.46. The van der Waals surface area contributed by atoms with Crippen molar-refractivity contribution in [2.24, 2.45) is 0 Å². The molecule has 0 N–H and O–H groups in total. The van der Waals surface area contributed by atoms with Gasteiger partial charge >= 0.3 is 23.9 Å². The van der Waals surface area contributed by atoms with E-state index in [2.05, 4.69) is 6.58 Å². The Morgan fingerprint density at radius 2 is 1.30 bits per heavy atom. The molecule has 0 aliphatic carbocycles. The van der Waals surface area contributed by atoms with Gasteiger partial charge in [0.05, 0.1) is 51.6 Å². The summed E-state index contributed by atoms with van der Waals surface area (Å²) in [6, 6.07) is 17.8. The van der Waals surface area contributed by atoms with Gasteiger partial charge in [-0.3, -0.25) is 0 Å². The van der Waals surface area contributed by atoms with Crippen LogP contribution in [-0.4, -0.2) is 50.3 Å². The molecule has 3 aromatic rings. The van der Waals surface area contributed by atoms with Gasteiger partial charge in [0.2, 0.25) is 0 Å². The Hall–Kier alpha value is -5.19. The minimum Gasteiger partial charge on any atom is -0.497 e. The maximum atomic E-state index is 13.2. The first kappa shape index (κ1) is 37.6. The third kappa shape index (κ3) is 10.4. The van der Waals surface area contributed by atoms with Crippen LogP contribution in [0.5, 0.6) is 23.0 Å². The number of benzene rings is 3. The van der Waals surface area contributed by atoms with Crippen molar-refractivity contribution in [2.45, 2.75) is 55.4 Å². The summed E-state index contributed by atoms with van der Waals surface area (Å²) in [7, 11) is 1.52. The third-order valence-electron chi connectivity index (χ3n) is 6.83. The van der Waals surface area contributed by atoms with Crippen LogP contribution in [0.25, 0.3) is 0 Å². The molecule has 0 aromatic heterocycles. The van der Waals surface area contributed by atoms with Gasteiger partial charge in [-0.05, 0) is 100 Å². The van der Waals surface area contributed by atoms with E-state index in [1.807, 2.05) is 6.07 Å². The standard InChI is InChI=1S/C37H35NO10S2/c1-5-31(39)45-21-9-7-6-8-20-44-27-16-12-25(13-17-27)35(41)48-30-19-18-29(47-34(40)24-10-14-26(43-4)15-11-24)32-33(30)50-37(49-32)28(22-38)36(42)46-23(2)3/h5,10-19,23H,1,6-9,20-21H2,2-4H3/b37-28-. The second kappa shape index (κ2) is 18.5. The van der Waals surface area contributed by atoms with Crippen molar-refractivity contribution in [3.63, 3.8) is 0 Å². The van der Waals surface area contributed by atoms with Crippen LogP contribution in [0.15, 0.2) is 92.9 Å². The number of unbranched alkanes of at least 4 members (excludes halogenated alkanes) is 3. The van der Waals surface area contributed by atoms with E-state index >= 15 is 0 Å². The Morgan fingerprint density at radius 3 is 1.78 bits per heavy atom. The summed E-state index contributed by atoms with van der Waals surface area (Å²) in [5.41, 5.74) is 0.315. The van der Waals surface area contributed by atoms with Crippen LogP contribution in [0, 0.1) is 11.3 Å². The summed E-state index contributed by atoms with van der Waals surface area (Å²) in [6.07, 6.45) is 4.05. The van der Waals surface area contributed by atoms with Gasteiger partial charge in [-0.2, -0.15) is 5.26 Å². The molecule has 3 aromatic carbocycles. The van der Waals surface area contributed by atoms with Gasteiger partial charge in [0.15, 0.2) is 5.57 Å². The van der Waals surface area contributed by atoms with Gasteiger partial charge in [0.1, 0.15) is 29.1 Å². The molecule has 11 nitrogen and oxygen atoms in total. The first-order valence-corrected chi connectivity index (χ1v) is 17.2. The summed E-state index contributed by atoms with van der Waals surface area (Å²) in [6.45, 7) is 7.55. The van der Waals surface area contributed by atoms with Crippen LogP contribution in [0.2, 0.25) is 0 Å². The van der Waals surface area contributed by atoms with E-state index in [1.165, 1.54) is 19.2 Å². The number of nitrogens with zero attached hydrogens (tertiary/aromatic N) is 1. The first-order chi connectivity index (χ1) is 24.1. The molecule has 0 unspecified atom stereocenters. The van der Waals surface area contributed by atoms with E-state index in [9.17, 15) is 24.4 Å². The first-order valence-electron chi connectivity index (χ1n) is 15.6. The Labute approximate surface area is 298 Å². The Morgan fingerprint density at radius 1 is 0.780 bits per heavy atom. The number of ether oxygens (including phenoxy) is 6. The molecule has 260 valence electrons. The molecular formula is C37H35NO10S2. The van der Waals surface area contributed by atoms with Crippen molar-refractivity contribution in [1.29, 1.82) is 5.26 Å². The molecule has 0 radical (unpaired) electrons. The highest BCUT2D eigenvalue weighted by Gasteiger charge is 2.32. The predicted molar refractivity (Wildman–Crippen MR) is 186 cm³/mol. The molecule has 0 fully saturated rings. The number of carbonyl (C=O) groups is 4. The van der Waals surface area contributed by atoms with Crippen LogP contribution in [0.4, 0.5) is 0 Å². The molecule has 50 heavy (non-hydrogen) atoms. The molecule has 0 saturated carbocycles. The highest BCUT2D eigenvalue weighted by molar-refractivity contribution is 8.24. The fraction of sp³-hybridized carbons (Fsp3) is 0.270. The fourth-order valence-corrected chi connectivity index (χ4v) is 6.90. The number of methoxy groups -OCH3 is 1. The van der Waals surface area contributed by atoms with Gasteiger partial charge in [-0.15, -0.1) is 0 Å². The zero-order chi connectivity index (χ0) is 36.0. The minimum atomic E-state index is -0.797. The van der Waals surface area contributed by atoms with E-state index in [-0.39, 0.29) is 32.4 Å². The fourth-order valence-electron chi connectivity index (χ4n) is 4.35. The zero-order valence-electron chi connectivity index (χ0n) is 27.7. The minimum absolute atomic E-state index is 0.149. The average molecular weight is 718 g/mol. The average Bonchev–Trinajstić information content (AvgIpc) is 3.56. The van der Waals surface area contributed by atoms with Gasteiger partial charge in [0.25, 0.3) is 0 Å². The molecule has 1 heterocycles. The topological polar surface area (TPSA) is 147 Å². The Bertz CT molecular complexity index is 1790. The van der Waals surface area contributed by atoms with E-state index in [0.29, 0.717) is 34.5 Å². The van der Waals surface area contributed by atoms with Crippen LogP contribution in [0.1, 0.15) is 60.2 Å². The number of esters is 4. The molecule has 4 rings (SSSR count). The Kier molecular flexibility index (Phi) is 14.0. The van der Waals surface area contributed by atoms with Crippen LogP contribution >= 0.6 is 23.5 Å². The third-order valence-corrected chi connectivity index (χ3v) is 9.46. The normalized spacial score (nSPS) is 12.6. The maximum absolute atomic E-state index is 13.2. The van der Waals surface area contributed by atoms with E-state index < -0.39 is 30.0 Å². The SMILES string of the molecule is C=CC(=O)OCCCCCCOc1ccc(C(=O)Oc2ccc(OC(=O)c3ccc(OC)cc3)c3c2S/C(=C(/C#N)C(=O)OC(C)C)S3)cc1. The molecular weight excluding hydrogens is 683 g/mol. The smallest absolute Gasteiger partial charge is 0.350 e. The number of fused-ring (bicyclic) bond motifs is 1. The highest BCUT2D eigenvalue weighted by Crippen LogP contribution is 2.59. The molecule has 13 heteroatoms. The molecule has 0 amide bonds. The van der Waals surface area contributed by atoms with Gasteiger partial charge in [-0.25, -0.2) is 19.2 Å². The largest absolute Gasteiger partial charge is 0.497 e. The summed E-state index contributed by atoms with van der Waals surface area (Å²) >= 11 is 2.08. The lowest BCUT2D eigenvalue weighted by Crippen LogP contribution is -2.13. The van der Waals surface area contributed by atoms with Crippen molar-refractivity contribution in [3.8, 4) is 29.1 Å². The van der Waals surface area contributed by atoms with E-state index in [4.69, 9.17) is 28.4 Å². The number of rotatable bonds is 16. The maximum Gasteiger partial charge on any atom is 0.350 e. The lowest BCUT2D eigenvalue weighted by Gasteiger charge is -2.12. The monoisotopic (exact) mass is 717 g/mol. The van der Waals surface area contributed by atoms with Crippen LogP contribution < -0.4 is 18.9 Å². The molecule has 0 spiro atoms. The van der Waals surface area contributed by atoms with Crippen molar-refractivity contribution in [1.82, 2.24) is 0 Å². The molecule has 1 aliphatic rings. The lowest BCUT2D eigenvalue weighted by atomic mass is 10.2. The molecule has 0 bridgehead atoms. The lowest BCUT2D eigenvalue weighted by molar-refractivity contribution is -0.142. The van der Waals surface area contributed by atoms with Crippen molar-refractivity contribution in [2.75, 3.05) is 20.3 Å². The second-order valence-corrected chi connectivity index (χ2v) is 13.1. The van der Waals surface area contributed by atoms with Gasteiger partial charge in [0, 0.05) is 6.08 Å². The van der Waals surface area contributed by atoms with Crippen molar-refractivity contribution >= 4 is 47.4 Å². The number of nitriles is 1. The molecule has 0 saturated heterocycles. The number of carbonyl (C=O) groups excluding carboxylic acids is 4. The van der Waals surface area contributed by atoms with Gasteiger partial charge < -0.3 is 28.4 Å². The number of hydrogen-bond donors (Lipinski definition) is 0. The summed E-state index contributed by atoms with van der Waals surface area (Å²) in [4.78, 5) is 50.8. The summed E-state index contributed by atoms with van der Waals surface area (Å²) < 4.78 is 32.9. The predicted octanol–water partition coefficient (Wildman–Crippen LogP) is 7.69. The van der Waals surface area contributed by atoms with Crippen molar-refractivity contribution in [3.05, 3.63) is 94.3 Å². The van der Waals surface area contributed by atoms with Gasteiger partial charge in [-0.1, -0.05) is 30.1 Å². The van der Waals surface area contributed by atoms with Crippen LogP contribution in [0.3, 0.4) is 0 Å². The molecule has 1 aliphatic heterocycles.